The number of hydrogen-bond donors (Lipinski definition) is 2. The van der Waals surface area contributed by atoms with Crippen molar-refractivity contribution in [1.82, 2.24) is 20.3 Å². The summed E-state index contributed by atoms with van der Waals surface area (Å²) in [6.07, 6.45) is 1.92. The molecule has 0 spiro atoms. The zero-order valence-electron chi connectivity index (χ0n) is 25.5. The number of methoxy groups -OCH3 is 1. The van der Waals surface area contributed by atoms with E-state index in [1.807, 2.05) is 0 Å². The largest absolute Gasteiger partial charge is 0.497 e. The average Bonchev–Trinajstić information content (AvgIpc) is 3.05. The van der Waals surface area contributed by atoms with Crippen LogP contribution in [0.4, 0.5) is 17.6 Å². The van der Waals surface area contributed by atoms with E-state index >= 15 is 4.39 Å². The van der Waals surface area contributed by atoms with E-state index in [9.17, 15) is 23.2 Å². The quantitative estimate of drug-likeness (QED) is 0.155. The molecule has 0 bridgehead atoms. The van der Waals surface area contributed by atoms with Gasteiger partial charge in [-0.15, -0.1) is 0 Å². The molecule has 2 aliphatic rings. The molecule has 12 heteroatoms. The van der Waals surface area contributed by atoms with Gasteiger partial charge < -0.3 is 14.4 Å². The number of nitrogens with zero attached hydrogens (tertiary/aromatic N) is 3. The first-order chi connectivity index (χ1) is 21.7. The van der Waals surface area contributed by atoms with E-state index in [0.717, 1.165) is 18.7 Å². The lowest BCUT2D eigenvalue weighted by Crippen LogP contribution is -2.48. The van der Waals surface area contributed by atoms with Crippen LogP contribution in [0.25, 0.3) is 10.9 Å². The van der Waals surface area contributed by atoms with Crippen molar-refractivity contribution in [2.45, 2.75) is 51.2 Å². The fraction of sp³-hybridized carbons (Fsp3) is 0.515. The molecular formula is C33H40F4N4O4. The summed E-state index contributed by atoms with van der Waals surface area (Å²) >= 11 is 0. The van der Waals surface area contributed by atoms with Crippen LogP contribution in [-0.2, 0) is 22.5 Å². The number of carbonyl (C=O) groups is 1. The molecule has 8 nitrogen and oxygen atoms in total. The molecule has 2 fully saturated rings. The Kier molecular flexibility index (Phi) is 10.9. The van der Waals surface area contributed by atoms with Crippen LogP contribution in [-0.4, -0.2) is 78.9 Å². The number of rotatable bonds is 12. The molecule has 3 heterocycles. The van der Waals surface area contributed by atoms with E-state index in [0.29, 0.717) is 93.0 Å². The van der Waals surface area contributed by atoms with Crippen LogP contribution < -0.4 is 10.2 Å². The summed E-state index contributed by atoms with van der Waals surface area (Å²) < 4.78 is 68.7. The highest BCUT2D eigenvalue weighted by molar-refractivity contribution is 5.85. The number of hydroxylamine groups is 1. The molecule has 0 unspecified atom stereocenters. The molecule has 5 rings (SSSR count). The number of benzene rings is 2. The number of ether oxygens (including phenoxy) is 2. The number of pyridine rings is 1. The fourth-order valence-corrected chi connectivity index (χ4v) is 6.61. The Morgan fingerprint density at radius 1 is 1.09 bits per heavy atom. The number of nitrogens with one attached hydrogen (secondary N) is 1. The lowest BCUT2D eigenvalue weighted by atomic mass is 9.73. The summed E-state index contributed by atoms with van der Waals surface area (Å²) in [4.78, 5) is 21.9. The minimum atomic E-state index is -1.40. The Bertz CT molecular complexity index is 1460. The zero-order chi connectivity index (χ0) is 32.0. The highest BCUT2D eigenvalue weighted by Crippen LogP contribution is 2.42. The van der Waals surface area contributed by atoms with E-state index in [4.69, 9.17) is 9.47 Å². The van der Waals surface area contributed by atoms with E-state index < -0.39 is 34.9 Å². The van der Waals surface area contributed by atoms with Crippen molar-refractivity contribution in [3.63, 3.8) is 0 Å². The monoisotopic (exact) mass is 632 g/mol. The van der Waals surface area contributed by atoms with Crippen LogP contribution in [0.5, 0.6) is 5.75 Å². The van der Waals surface area contributed by atoms with Crippen molar-refractivity contribution in [3.8, 4) is 5.75 Å². The Labute approximate surface area is 260 Å². The van der Waals surface area contributed by atoms with Gasteiger partial charge in [0.25, 0.3) is 0 Å². The molecule has 45 heavy (non-hydrogen) atoms. The summed E-state index contributed by atoms with van der Waals surface area (Å²) in [5, 5.41) is 10.3. The van der Waals surface area contributed by atoms with Gasteiger partial charge in [0.2, 0.25) is 5.91 Å². The number of aromatic nitrogens is 1. The first kappa shape index (κ1) is 33.1. The maximum atomic E-state index is 16.5. The number of alkyl halides is 1. The number of piperidine rings is 1. The molecule has 0 radical (unpaired) electrons. The minimum absolute atomic E-state index is 0.0585. The Morgan fingerprint density at radius 3 is 2.47 bits per heavy atom. The lowest BCUT2D eigenvalue weighted by Gasteiger charge is -2.40. The van der Waals surface area contributed by atoms with Gasteiger partial charge in [0.05, 0.1) is 31.3 Å². The van der Waals surface area contributed by atoms with Gasteiger partial charge in [-0.2, -0.15) is 0 Å². The molecule has 0 saturated carbocycles. The van der Waals surface area contributed by atoms with Gasteiger partial charge in [0.15, 0.2) is 0 Å². The SMILES string of the molecule is COc1ccc2ncc(CN3CCOCC3)c([C@H](F)CCC3(C(=O)NO)CCN(CCCc4c(F)cc(F)cc4F)CC3)c2c1. The van der Waals surface area contributed by atoms with Crippen LogP contribution in [0.3, 0.4) is 0 Å². The number of hydrogen-bond acceptors (Lipinski definition) is 7. The third-order valence-corrected chi connectivity index (χ3v) is 9.29. The Hall–Kier alpha value is -3.32. The summed E-state index contributed by atoms with van der Waals surface area (Å²) in [6.45, 7) is 4.72. The molecule has 3 aromatic rings. The second-order valence-electron chi connectivity index (χ2n) is 12.0. The molecule has 2 aromatic carbocycles. The second-order valence-corrected chi connectivity index (χ2v) is 12.0. The highest BCUT2D eigenvalue weighted by atomic mass is 19.1. The zero-order valence-corrected chi connectivity index (χ0v) is 25.5. The molecule has 244 valence electrons. The third kappa shape index (κ3) is 7.74. The lowest BCUT2D eigenvalue weighted by molar-refractivity contribution is -0.143. The molecule has 1 atom stereocenters. The molecule has 2 saturated heterocycles. The average molecular weight is 633 g/mol. The van der Waals surface area contributed by atoms with E-state index in [1.165, 1.54) is 0 Å². The first-order valence-electron chi connectivity index (χ1n) is 15.4. The predicted octanol–water partition coefficient (Wildman–Crippen LogP) is 5.50. The van der Waals surface area contributed by atoms with Crippen LogP contribution in [0.15, 0.2) is 36.5 Å². The Balaban J connectivity index is 1.27. The van der Waals surface area contributed by atoms with E-state index in [1.54, 1.807) is 37.0 Å². The molecule has 1 amide bonds. The van der Waals surface area contributed by atoms with Crippen LogP contribution in [0.1, 0.15) is 55.0 Å². The van der Waals surface area contributed by atoms with Crippen molar-refractivity contribution in [2.24, 2.45) is 5.41 Å². The second kappa shape index (κ2) is 14.8. The van der Waals surface area contributed by atoms with Crippen molar-refractivity contribution in [3.05, 3.63) is 70.7 Å². The molecule has 2 N–H and O–H groups in total. The topological polar surface area (TPSA) is 87.2 Å². The van der Waals surface area contributed by atoms with Crippen LogP contribution in [0.2, 0.25) is 0 Å². The van der Waals surface area contributed by atoms with Crippen molar-refractivity contribution in [2.75, 3.05) is 53.0 Å². The molecule has 0 aliphatic carbocycles. The van der Waals surface area contributed by atoms with Gasteiger partial charge in [-0.3, -0.25) is 19.9 Å². The maximum absolute atomic E-state index is 16.5. The fourth-order valence-electron chi connectivity index (χ4n) is 6.61. The van der Waals surface area contributed by atoms with Gasteiger partial charge >= 0.3 is 0 Å². The number of fused-ring (bicyclic) bond motifs is 1. The first-order valence-corrected chi connectivity index (χ1v) is 15.4. The van der Waals surface area contributed by atoms with E-state index in [2.05, 4.69) is 14.8 Å². The van der Waals surface area contributed by atoms with Crippen LogP contribution >= 0.6 is 0 Å². The highest BCUT2D eigenvalue weighted by Gasteiger charge is 2.41. The van der Waals surface area contributed by atoms with Crippen molar-refractivity contribution >= 4 is 16.8 Å². The van der Waals surface area contributed by atoms with Gasteiger partial charge in [0, 0.05) is 54.5 Å². The molecular weight excluding hydrogens is 592 g/mol. The number of morpholine rings is 1. The number of carbonyl (C=O) groups excluding carboxylic acids is 1. The summed E-state index contributed by atoms with van der Waals surface area (Å²) in [5.41, 5.74) is 2.63. The Morgan fingerprint density at radius 2 is 1.80 bits per heavy atom. The predicted molar refractivity (Wildman–Crippen MR) is 160 cm³/mol. The van der Waals surface area contributed by atoms with Gasteiger partial charge in [-0.25, -0.2) is 23.0 Å². The van der Waals surface area contributed by atoms with Crippen LogP contribution in [0, 0.1) is 22.9 Å². The number of likely N-dealkylation sites (tertiary alicyclic amines) is 1. The molecule has 2 aliphatic heterocycles. The normalized spacial score (nSPS) is 18.2. The van der Waals surface area contributed by atoms with Crippen molar-refractivity contribution < 1.29 is 37.0 Å². The number of amides is 1. The maximum Gasteiger partial charge on any atom is 0.249 e. The smallest absolute Gasteiger partial charge is 0.249 e. The minimum Gasteiger partial charge on any atom is -0.497 e. The van der Waals surface area contributed by atoms with Gasteiger partial charge in [-0.1, -0.05) is 0 Å². The van der Waals surface area contributed by atoms with E-state index in [-0.39, 0.29) is 24.8 Å². The molecule has 1 aromatic heterocycles. The standard InChI is InChI=1S/C33H40F4N4O4/c1-44-24-4-5-30-26(19-24)31(22(20-38-30)21-41-13-15-45-16-14-41)27(35)6-7-33(32(42)39-43)8-11-40(12-9-33)10-2-3-25-28(36)17-23(34)18-29(25)37/h4-5,17-20,27,43H,2-3,6-16,21H2,1H3,(H,39,42)/t27-/m1/s1. The third-order valence-electron chi connectivity index (χ3n) is 9.29. The summed E-state index contributed by atoms with van der Waals surface area (Å²) in [6, 6.07) is 6.74. The summed E-state index contributed by atoms with van der Waals surface area (Å²) in [5.74, 6) is -2.71. The number of halogens is 4. The van der Waals surface area contributed by atoms with Gasteiger partial charge in [-0.05, 0) is 81.9 Å². The van der Waals surface area contributed by atoms with Gasteiger partial charge in [0.1, 0.15) is 29.4 Å². The van der Waals surface area contributed by atoms with Crippen molar-refractivity contribution in [1.29, 1.82) is 0 Å². The summed E-state index contributed by atoms with van der Waals surface area (Å²) in [7, 11) is 1.56.